The Morgan fingerprint density at radius 1 is 0.833 bits per heavy atom. The lowest BCUT2D eigenvalue weighted by atomic mass is 9.81. The van der Waals surface area contributed by atoms with Crippen LogP contribution in [0.25, 0.3) is 11.1 Å². The Labute approximate surface area is 174 Å². The van der Waals surface area contributed by atoms with Crippen molar-refractivity contribution in [1.82, 2.24) is 4.90 Å². The number of fused-ring (bicyclic) bond motifs is 1. The van der Waals surface area contributed by atoms with Gasteiger partial charge >= 0.3 is 5.97 Å². The van der Waals surface area contributed by atoms with Crippen LogP contribution in [0.2, 0.25) is 0 Å². The molecule has 0 radical (unpaired) electrons. The SMILES string of the molecule is O=C(CN1C(=O)C2CCCCC2C1=O)OCC(=O)c1ccc(-c2ccccc2)cc1. The van der Waals surface area contributed by atoms with Crippen LogP contribution in [0, 0.1) is 11.8 Å². The third-order valence-electron chi connectivity index (χ3n) is 5.90. The zero-order valence-corrected chi connectivity index (χ0v) is 16.6. The van der Waals surface area contributed by atoms with E-state index < -0.39 is 19.1 Å². The molecule has 30 heavy (non-hydrogen) atoms. The molecule has 0 bridgehead atoms. The van der Waals surface area contributed by atoms with E-state index in [1.807, 2.05) is 42.5 Å². The van der Waals surface area contributed by atoms with E-state index in [4.69, 9.17) is 4.74 Å². The molecule has 1 heterocycles. The van der Waals surface area contributed by atoms with Crippen LogP contribution in [0.15, 0.2) is 54.6 Å². The normalized spacial score (nSPS) is 20.7. The Kier molecular flexibility index (Phi) is 5.74. The van der Waals surface area contributed by atoms with Crippen LogP contribution in [0.5, 0.6) is 0 Å². The van der Waals surface area contributed by atoms with Crippen LogP contribution in [-0.2, 0) is 19.1 Å². The van der Waals surface area contributed by atoms with Gasteiger partial charge in [-0.2, -0.15) is 0 Å². The summed E-state index contributed by atoms with van der Waals surface area (Å²) in [4.78, 5) is 50.3. The summed E-state index contributed by atoms with van der Waals surface area (Å²) in [5.74, 6) is -2.26. The zero-order valence-electron chi connectivity index (χ0n) is 16.6. The fourth-order valence-corrected chi connectivity index (χ4v) is 4.27. The molecule has 6 nitrogen and oxygen atoms in total. The van der Waals surface area contributed by atoms with Gasteiger partial charge in [0.25, 0.3) is 0 Å². The van der Waals surface area contributed by atoms with E-state index in [1.54, 1.807) is 12.1 Å². The molecule has 1 saturated carbocycles. The predicted molar refractivity (Wildman–Crippen MR) is 109 cm³/mol. The summed E-state index contributed by atoms with van der Waals surface area (Å²) in [6.45, 7) is -0.850. The molecular weight excluding hydrogens is 382 g/mol. The lowest BCUT2D eigenvalue weighted by molar-refractivity contribution is -0.152. The molecule has 2 unspecified atom stereocenters. The predicted octanol–water partition coefficient (Wildman–Crippen LogP) is 3.25. The highest BCUT2D eigenvalue weighted by molar-refractivity contribution is 6.07. The maximum Gasteiger partial charge on any atom is 0.326 e. The molecule has 2 fully saturated rings. The molecule has 1 aliphatic heterocycles. The first kappa shape index (κ1) is 20.0. The minimum atomic E-state index is -0.746. The van der Waals surface area contributed by atoms with Crippen molar-refractivity contribution in [2.45, 2.75) is 25.7 Å². The number of benzene rings is 2. The number of nitrogens with zero attached hydrogens (tertiary/aromatic N) is 1. The van der Waals surface area contributed by atoms with Crippen LogP contribution < -0.4 is 0 Å². The summed E-state index contributed by atoms with van der Waals surface area (Å²) < 4.78 is 5.05. The Morgan fingerprint density at radius 2 is 1.40 bits per heavy atom. The minimum absolute atomic E-state index is 0.288. The molecule has 0 aromatic heterocycles. The van der Waals surface area contributed by atoms with Crippen molar-refractivity contribution in [1.29, 1.82) is 0 Å². The number of carbonyl (C=O) groups is 4. The van der Waals surface area contributed by atoms with E-state index in [9.17, 15) is 19.2 Å². The summed E-state index contributed by atoms with van der Waals surface area (Å²) >= 11 is 0. The van der Waals surface area contributed by atoms with E-state index in [-0.39, 0.29) is 29.4 Å². The van der Waals surface area contributed by atoms with E-state index in [0.717, 1.165) is 28.9 Å². The lowest BCUT2D eigenvalue weighted by Crippen LogP contribution is -2.37. The van der Waals surface area contributed by atoms with Crippen LogP contribution >= 0.6 is 0 Å². The number of amides is 2. The number of likely N-dealkylation sites (tertiary alicyclic amines) is 1. The standard InChI is InChI=1S/C24H23NO5/c26-21(18-12-10-17(11-13-18)16-6-2-1-3-7-16)15-30-22(27)14-25-23(28)19-8-4-5-9-20(19)24(25)29/h1-3,6-7,10-13,19-20H,4-5,8-9,14-15H2. The maximum atomic E-state index is 12.4. The smallest absolute Gasteiger partial charge is 0.326 e. The van der Waals surface area contributed by atoms with Crippen molar-refractivity contribution < 1.29 is 23.9 Å². The molecule has 2 amide bonds. The molecule has 0 spiro atoms. The molecule has 154 valence electrons. The Hall–Kier alpha value is -3.28. The molecule has 2 atom stereocenters. The number of ketones is 1. The average molecular weight is 405 g/mol. The van der Waals surface area contributed by atoms with Gasteiger partial charge in [0.05, 0.1) is 11.8 Å². The molecule has 1 saturated heterocycles. The maximum absolute atomic E-state index is 12.4. The van der Waals surface area contributed by atoms with Crippen LogP contribution in [0.1, 0.15) is 36.0 Å². The quantitative estimate of drug-likeness (QED) is 0.419. The molecule has 2 aromatic rings. The van der Waals surface area contributed by atoms with Crippen molar-refractivity contribution in [3.8, 4) is 11.1 Å². The van der Waals surface area contributed by atoms with Crippen LogP contribution in [-0.4, -0.2) is 41.6 Å². The van der Waals surface area contributed by atoms with Gasteiger partial charge in [-0.15, -0.1) is 0 Å². The van der Waals surface area contributed by atoms with Gasteiger partial charge in [0, 0.05) is 5.56 Å². The van der Waals surface area contributed by atoms with Gasteiger partial charge in [0.2, 0.25) is 11.8 Å². The molecule has 1 aliphatic carbocycles. The van der Waals surface area contributed by atoms with E-state index in [2.05, 4.69) is 0 Å². The summed E-state index contributed by atoms with van der Waals surface area (Å²) in [6, 6.07) is 16.9. The fourth-order valence-electron chi connectivity index (χ4n) is 4.27. The Balaban J connectivity index is 1.31. The van der Waals surface area contributed by atoms with Gasteiger partial charge in [-0.25, -0.2) is 0 Å². The van der Waals surface area contributed by atoms with Crippen LogP contribution in [0.4, 0.5) is 0 Å². The number of imide groups is 1. The number of Topliss-reactive ketones (excluding diaryl/α,β-unsaturated/α-hetero) is 1. The third kappa shape index (κ3) is 4.03. The monoisotopic (exact) mass is 405 g/mol. The summed E-state index contributed by atoms with van der Waals surface area (Å²) in [6.07, 6.45) is 3.24. The van der Waals surface area contributed by atoms with Gasteiger partial charge in [-0.05, 0) is 24.0 Å². The Bertz CT molecular complexity index is 943. The number of esters is 1. The minimum Gasteiger partial charge on any atom is -0.456 e. The van der Waals surface area contributed by atoms with Crippen molar-refractivity contribution in [3.63, 3.8) is 0 Å². The van der Waals surface area contributed by atoms with Crippen molar-refractivity contribution >= 4 is 23.6 Å². The topological polar surface area (TPSA) is 80.8 Å². The van der Waals surface area contributed by atoms with E-state index in [0.29, 0.717) is 18.4 Å². The average Bonchev–Trinajstić information content (AvgIpc) is 3.03. The molecule has 2 aromatic carbocycles. The van der Waals surface area contributed by atoms with Gasteiger partial charge in [-0.1, -0.05) is 67.4 Å². The second-order valence-corrected chi connectivity index (χ2v) is 7.79. The number of carbonyl (C=O) groups excluding carboxylic acids is 4. The highest BCUT2D eigenvalue weighted by atomic mass is 16.5. The number of hydrogen-bond donors (Lipinski definition) is 0. The lowest BCUT2D eigenvalue weighted by Gasteiger charge is -2.19. The highest BCUT2D eigenvalue weighted by Gasteiger charge is 2.48. The van der Waals surface area contributed by atoms with Crippen molar-refractivity contribution in [3.05, 3.63) is 60.2 Å². The fraction of sp³-hybridized carbons (Fsp3) is 0.333. The summed E-state index contributed by atoms with van der Waals surface area (Å²) in [5.41, 5.74) is 2.46. The van der Waals surface area contributed by atoms with Gasteiger partial charge in [0.1, 0.15) is 6.54 Å². The zero-order chi connectivity index (χ0) is 21.1. The first-order chi connectivity index (χ1) is 14.5. The molecule has 6 heteroatoms. The second-order valence-electron chi connectivity index (χ2n) is 7.79. The number of ether oxygens (including phenoxy) is 1. The van der Waals surface area contributed by atoms with Crippen molar-refractivity contribution in [2.24, 2.45) is 11.8 Å². The molecule has 2 aliphatic rings. The molecule has 4 rings (SSSR count). The summed E-state index contributed by atoms with van der Waals surface area (Å²) in [7, 11) is 0. The first-order valence-electron chi connectivity index (χ1n) is 10.2. The highest BCUT2D eigenvalue weighted by Crippen LogP contribution is 2.37. The first-order valence-corrected chi connectivity index (χ1v) is 10.2. The van der Waals surface area contributed by atoms with Gasteiger partial charge < -0.3 is 4.74 Å². The Morgan fingerprint density at radius 3 is 2.00 bits per heavy atom. The van der Waals surface area contributed by atoms with Gasteiger partial charge in [0.15, 0.2) is 12.4 Å². The largest absolute Gasteiger partial charge is 0.456 e. The summed E-state index contributed by atoms with van der Waals surface area (Å²) in [5, 5.41) is 0. The van der Waals surface area contributed by atoms with E-state index >= 15 is 0 Å². The second kappa shape index (κ2) is 8.61. The number of hydrogen-bond acceptors (Lipinski definition) is 5. The molecule has 0 N–H and O–H groups in total. The third-order valence-corrected chi connectivity index (χ3v) is 5.90. The van der Waals surface area contributed by atoms with E-state index in [1.165, 1.54) is 0 Å². The number of rotatable bonds is 6. The molecular formula is C24H23NO5. The van der Waals surface area contributed by atoms with Gasteiger partial charge in [-0.3, -0.25) is 24.1 Å². The van der Waals surface area contributed by atoms with Crippen molar-refractivity contribution in [2.75, 3.05) is 13.2 Å². The van der Waals surface area contributed by atoms with Crippen LogP contribution in [0.3, 0.4) is 0 Å².